The number of Topliss-reactive ketones (excluding diaryl/α,β-unsaturated/α-hetero) is 1. The molecular weight excluding hydrogens is 435 g/mol. The Morgan fingerprint density at radius 1 is 1.29 bits per heavy atom. The zero-order chi connectivity index (χ0) is 22.2. The molecule has 1 fully saturated rings. The Balaban J connectivity index is 1.69. The average molecular weight is 454 g/mol. The Kier molecular flexibility index (Phi) is 5.74. The predicted molar refractivity (Wildman–Crippen MR) is 110 cm³/mol. The normalized spacial score (nSPS) is 17.9. The van der Waals surface area contributed by atoms with E-state index < -0.39 is 30.8 Å². The van der Waals surface area contributed by atoms with Gasteiger partial charge in [0.05, 0.1) is 23.2 Å². The third-order valence-electron chi connectivity index (χ3n) is 5.29. The molecule has 2 aliphatic rings. The van der Waals surface area contributed by atoms with E-state index in [2.05, 4.69) is 15.3 Å². The Bertz CT molecular complexity index is 1000. The molecule has 4 heterocycles. The highest BCUT2D eigenvalue weighted by atomic mass is 35.5. The first-order valence-corrected chi connectivity index (χ1v) is 10.2. The van der Waals surface area contributed by atoms with Crippen LogP contribution in [0.2, 0.25) is 5.02 Å². The molecule has 2 aromatic heterocycles. The number of nitrogens with one attached hydrogen (secondary N) is 1. The van der Waals surface area contributed by atoms with Crippen molar-refractivity contribution in [3.8, 4) is 0 Å². The summed E-state index contributed by atoms with van der Waals surface area (Å²) in [6.45, 7) is 1.31. The van der Waals surface area contributed by atoms with Crippen molar-refractivity contribution in [1.82, 2.24) is 9.97 Å². The van der Waals surface area contributed by atoms with Crippen LogP contribution in [0, 0.1) is 0 Å². The molecule has 7 nitrogen and oxygen atoms in total. The number of hydrogen-bond acceptors (Lipinski definition) is 5. The Hall–Kier alpha value is -2.88. The molecule has 1 N–H and O–H groups in total. The van der Waals surface area contributed by atoms with Crippen LogP contribution in [0.5, 0.6) is 0 Å². The fourth-order valence-electron chi connectivity index (χ4n) is 3.87. The average Bonchev–Trinajstić information content (AvgIpc) is 2.73. The van der Waals surface area contributed by atoms with Gasteiger partial charge in [0.2, 0.25) is 0 Å². The van der Waals surface area contributed by atoms with Gasteiger partial charge < -0.3 is 4.90 Å². The number of halogens is 4. The van der Waals surface area contributed by atoms with Gasteiger partial charge in [0.15, 0.2) is 11.6 Å². The molecule has 2 aliphatic heterocycles. The summed E-state index contributed by atoms with van der Waals surface area (Å²) >= 11 is 6.22. The summed E-state index contributed by atoms with van der Waals surface area (Å²) in [6.07, 6.45) is -3.37. The number of urea groups is 1. The molecule has 2 amide bonds. The minimum absolute atomic E-state index is 0.0277. The number of fused-ring (bicyclic) bond motifs is 4. The van der Waals surface area contributed by atoms with Crippen molar-refractivity contribution in [2.75, 3.05) is 28.2 Å². The summed E-state index contributed by atoms with van der Waals surface area (Å²) in [7, 11) is 0. The first kappa shape index (κ1) is 21.4. The first-order valence-electron chi connectivity index (χ1n) is 9.79. The Morgan fingerprint density at radius 2 is 2.10 bits per heavy atom. The van der Waals surface area contributed by atoms with Gasteiger partial charge in [-0.1, -0.05) is 17.7 Å². The van der Waals surface area contributed by atoms with Gasteiger partial charge in [-0.15, -0.1) is 0 Å². The molecule has 0 aromatic carbocycles. The molecule has 164 valence electrons. The van der Waals surface area contributed by atoms with Crippen LogP contribution < -0.4 is 15.1 Å². The first-order chi connectivity index (χ1) is 14.7. The van der Waals surface area contributed by atoms with Crippen molar-refractivity contribution in [2.45, 2.75) is 37.9 Å². The number of aromatic nitrogens is 2. The third-order valence-corrected chi connectivity index (χ3v) is 5.57. The van der Waals surface area contributed by atoms with Crippen LogP contribution >= 0.6 is 11.6 Å². The zero-order valence-electron chi connectivity index (χ0n) is 16.3. The van der Waals surface area contributed by atoms with E-state index in [-0.39, 0.29) is 22.6 Å². The van der Waals surface area contributed by atoms with E-state index in [1.165, 1.54) is 17.2 Å². The molecule has 31 heavy (non-hydrogen) atoms. The minimum Gasteiger partial charge on any atom is -0.366 e. The number of pyridine rings is 2. The van der Waals surface area contributed by atoms with Crippen LogP contribution in [0.4, 0.5) is 35.3 Å². The van der Waals surface area contributed by atoms with Crippen LogP contribution in [-0.4, -0.2) is 47.1 Å². The van der Waals surface area contributed by atoms with E-state index >= 15 is 0 Å². The summed E-state index contributed by atoms with van der Waals surface area (Å²) in [6, 6.07) is 5.91. The van der Waals surface area contributed by atoms with E-state index in [1.807, 2.05) is 4.90 Å². The van der Waals surface area contributed by atoms with Gasteiger partial charge >= 0.3 is 12.2 Å². The number of alkyl halides is 3. The van der Waals surface area contributed by atoms with Crippen molar-refractivity contribution in [2.24, 2.45) is 0 Å². The number of amides is 2. The number of carbonyl (C=O) groups is 2. The van der Waals surface area contributed by atoms with Crippen LogP contribution in [0.1, 0.15) is 36.2 Å². The third kappa shape index (κ3) is 4.58. The lowest BCUT2D eigenvalue weighted by atomic mass is 9.99. The number of carbonyl (C=O) groups excluding carboxylic acids is 2. The molecular formula is C20H19ClF3N5O2. The van der Waals surface area contributed by atoms with Crippen molar-refractivity contribution in [3.05, 3.63) is 41.2 Å². The van der Waals surface area contributed by atoms with E-state index in [4.69, 9.17) is 11.6 Å². The maximum Gasteiger partial charge on any atom is 0.389 e. The maximum atomic E-state index is 13.1. The molecule has 0 saturated carbocycles. The molecule has 1 atom stereocenters. The van der Waals surface area contributed by atoms with Crippen molar-refractivity contribution in [3.63, 3.8) is 0 Å². The maximum absolute atomic E-state index is 13.1. The second-order valence-corrected chi connectivity index (χ2v) is 7.86. The summed E-state index contributed by atoms with van der Waals surface area (Å²) in [4.78, 5) is 37.4. The van der Waals surface area contributed by atoms with Crippen LogP contribution in [0.15, 0.2) is 30.5 Å². The van der Waals surface area contributed by atoms with Gasteiger partial charge in [0, 0.05) is 25.7 Å². The van der Waals surface area contributed by atoms with E-state index in [1.54, 1.807) is 18.2 Å². The fourth-order valence-corrected chi connectivity index (χ4v) is 4.13. The number of rotatable bonds is 4. The molecule has 11 heteroatoms. The standard InChI is InChI=1S/C20H19ClF3N5O2/c21-13-10-14-18(27-17(13)15(30)6-7-20(22,23)24)29(12-4-3-9-28(14)11-12)19(31)26-16-5-1-2-8-25-16/h1-2,5,8,10,12H,3-4,6-7,9,11H2,(H,25,26,31)/t12-/m0/s1. The lowest BCUT2D eigenvalue weighted by Crippen LogP contribution is -2.56. The highest BCUT2D eigenvalue weighted by Gasteiger charge is 2.39. The van der Waals surface area contributed by atoms with Gasteiger partial charge in [-0.05, 0) is 31.0 Å². The summed E-state index contributed by atoms with van der Waals surface area (Å²) in [5.74, 6) is -0.257. The Labute approximate surface area is 181 Å². The minimum atomic E-state index is -4.46. The molecule has 0 aliphatic carbocycles. The second-order valence-electron chi connectivity index (χ2n) is 7.46. The lowest BCUT2D eigenvalue weighted by molar-refractivity contribution is -0.133. The van der Waals surface area contributed by atoms with E-state index in [0.29, 0.717) is 18.1 Å². The van der Waals surface area contributed by atoms with Gasteiger partial charge in [-0.2, -0.15) is 13.2 Å². The number of anilines is 3. The molecule has 0 spiro atoms. The molecule has 0 unspecified atom stereocenters. The summed E-state index contributed by atoms with van der Waals surface area (Å²) < 4.78 is 37.7. The molecule has 0 radical (unpaired) electrons. The van der Waals surface area contributed by atoms with Gasteiger partial charge in [0.1, 0.15) is 11.5 Å². The highest BCUT2D eigenvalue weighted by Crippen LogP contribution is 2.40. The fraction of sp³-hybridized carbons (Fsp3) is 0.400. The zero-order valence-corrected chi connectivity index (χ0v) is 17.1. The molecule has 4 rings (SSSR count). The monoisotopic (exact) mass is 453 g/mol. The number of ketones is 1. The van der Waals surface area contributed by atoms with Gasteiger partial charge in [-0.25, -0.2) is 14.8 Å². The molecule has 2 aromatic rings. The van der Waals surface area contributed by atoms with Crippen molar-refractivity contribution < 1.29 is 22.8 Å². The smallest absolute Gasteiger partial charge is 0.366 e. The number of piperidine rings is 1. The largest absolute Gasteiger partial charge is 0.389 e. The molecule has 1 saturated heterocycles. The quantitative estimate of drug-likeness (QED) is 0.680. The van der Waals surface area contributed by atoms with E-state index in [0.717, 1.165) is 19.4 Å². The van der Waals surface area contributed by atoms with Gasteiger partial charge in [-0.3, -0.25) is 15.0 Å². The Morgan fingerprint density at radius 3 is 2.81 bits per heavy atom. The van der Waals surface area contributed by atoms with Crippen molar-refractivity contribution >= 4 is 40.7 Å². The molecule has 2 bridgehead atoms. The van der Waals surface area contributed by atoms with Gasteiger partial charge in [0.25, 0.3) is 0 Å². The van der Waals surface area contributed by atoms with Crippen LogP contribution in [0.25, 0.3) is 0 Å². The topological polar surface area (TPSA) is 78.4 Å². The summed E-state index contributed by atoms with van der Waals surface area (Å²) in [5, 5.41) is 2.69. The van der Waals surface area contributed by atoms with E-state index in [9.17, 15) is 22.8 Å². The number of hydrogen-bond donors (Lipinski definition) is 1. The number of nitrogens with zero attached hydrogens (tertiary/aromatic N) is 4. The van der Waals surface area contributed by atoms with Crippen LogP contribution in [-0.2, 0) is 0 Å². The van der Waals surface area contributed by atoms with Crippen molar-refractivity contribution in [1.29, 1.82) is 0 Å². The SMILES string of the molecule is O=C(CCC(F)(F)F)c1nc2c(cc1Cl)N1CCC[C@@H](C1)N2C(=O)Nc1ccccn1. The predicted octanol–water partition coefficient (Wildman–Crippen LogP) is 4.68. The summed E-state index contributed by atoms with van der Waals surface area (Å²) in [5.41, 5.74) is 0.311. The lowest BCUT2D eigenvalue weighted by Gasteiger charge is -2.45. The second kappa shape index (κ2) is 8.33. The highest BCUT2D eigenvalue weighted by molar-refractivity contribution is 6.34. The van der Waals surface area contributed by atoms with Crippen LogP contribution in [0.3, 0.4) is 0 Å².